The van der Waals surface area contributed by atoms with Crippen LogP contribution in [0.15, 0.2) is 0 Å². The maximum Gasteiger partial charge on any atom is 0.314 e. The van der Waals surface area contributed by atoms with Crippen LogP contribution in [-0.4, -0.2) is 35.1 Å². The van der Waals surface area contributed by atoms with Crippen molar-refractivity contribution in [2.45, 2.75) is 12.8 Å². The molecule has 6 heteroatoms. The van der Waals surface area contributed by atoms with Crippen LogP contribution in [0, 0.1) is 5.92 Å². The Kier molecular flexibility index (Phi) is 4.55. The Morgan fingerprint density at radius 2 is 1.77 bits per heavy atom. The summed E-state index contributed by atoms with van der Waals surface area (Å²) in [7, 11) is 0. The maximum atomic E-state index is 10.6. The second kappa shape index (κ2) is 4.91. The molecule has 1 heterocycles. The van der Waals surface area contributed by atoms with Crippen molar-refractivity contribution in [2.75, 3.05) is 13.1 Å². The van der Waals surface area contributed by atoms with Crippen LogP contribution in [0.3, 0.4) is 0 Å². The van der Waals surface area contributed by atoms with E-state index in [9.17, 15) is 9.59 Å². The molecule has 13 heavy (non-hydrogen) atoms. The average molecular weight is 209 g/mol. The Bertz CT molecular complexity index is 180. The van der Waals surface area contributed by atoms with E-state index in [1.807, 2.05) is 0 Å². The van der Waals surface area contributed by atoms with Crippen LogP contribution in [0.1, 0.15) is 12.8 Å². The first-order valence-corrected chi connectivity index (χ1v) is 3.88. The summed E-state index contributed by atoms with van der Waals surface area (Å²) < 4.78 is 0. The molecule has 0 aromatic rings. The summed E-state index contributed by atoms with van der Waals surface area (Å²) in [6.07, 6.45) is 1.02. The van der Waals surface area contributed by atoms with Crippen molar-refractivity contribution in [1.82, 2.24) is 4.90 Å². The number of carbonyl (C=O) groups is 2. The molecule has 0 spiro atoms. The van der Waals surface area contributed by atoms with E-state index in [0.717, 1.165) is 0 Å². The van der Waals surface area contributed by atoms with Gasteiger partial charge in [-0.15, -0.1) is 12.4 Å². The van der Waals surface area contributed by atoms with Crippen molar-refractivity contribution in [3.05, 3.63) is 0 Å². The van der Waals surface area contributed by atoms with Crippen molar-refractivity contribution in [3.63, 3.8) is 0 Å². The van der Waals surface area contributed by atoms with E-state index in [1.165, 1.54) is 4.90 Å². The topological polar surface area (TPSA) is 83.6 Å². The highest BCUT2D eigenvalue weighted by Gasteiger charge is 2.25. The Balaban J connectivity index is 0.00000144. The number of hydrogen-bond donors (Lipinski definition) is 2. The van der Waals surface area contributed by atoms with Gasteiger partial charge in [-0.1, -0.05) is 0 Å². The number of carboxylic acids is 1. The molecule has 0 atom stereocenters. The summed E-state index contributed by atoms with van der Waals surface area (Å²) in [5.41, 5.74) is 5.03. The van der Waals surface area contributed by atoms with E-state index in [-0.39, 0.29) is 18.3 Å². The summed E-state index contributed by atoms with van der Waals surface area (Å²) in [5.74, 6) is -1.08. The number of primary amides is 1. The second-order valence-corrected chi connectivity index (χ2v) is 2.94. The SMILES string of the molecule is Cl.NC(=O)N1CCC(C(=O)O)CC1. The van der Waals surface area contributed by atoms with E-state index in [4.69, 9.17) is 10.8 Å². The summed E-state index contributed by atoms with van der Waals surface area (Å²) in [4.78, 5) is 22.6. The van der Waals surface area contributed by atoms with Crippen LogP contribution in [0.25, 0.3) is 0 Å². The molecule has 2 amide bonds. The number of amides is 2. The lowest BCUT2D eigenvalue weighted by Gasteiger charge is -2.28. The largest absolute Gasteiger partial charge is 0.481 e. The lowest BCUT2D eigenvalue weighted by atomic mass is 9.97. The van der Waals surface area contributed by atoms with Gasteiger partial charge in [-0.05, 0) is 12.8 Å². The summed E-state index contributed by atoms with van der Waals surface area (Å²) >= 11 is 0. The van der Waals surface area contributed by atoms with E-state index >= 15 is 0 Å². The molecule has 3 N–H and O–H groups in total. The summed E-state index contributed by atoms with van der Waals surface area (Å²) in [6.45, 7) is 0.929. The molecular formula is C7H13ClN2O3. The van der Waals surface area contributed by atoms with Gasteiger partial charge in [0.25, 0.3) is 0 Å². The first kappa shape index (κ1) is 12.0. The van der Waals surface area contributed by atoms with Gasteiger partial charge in [-0.3, -0.25) is 4.79 Å². The standard InChI is InChI=1S/C7H12N2O3.ClH/c8-7(12)9-3-1-5(2-4-9)6(10)11;/h5H,1-4H2,(H2,8,12)(H,10,11);1H. The average Bonchev–Trinajstić information content (AvgIpc) is 2.04. The minimum absolute atomic E-state index is 0. The first-order valence-electron chi connectivity index (χ1n) is 3.88. The minimum Gasteiger partial charge on any atom is -0.481 e. The Morgan fingerprint density at radius 3 is 2.08 bits per heavy atom. The first-order chi connectivity index (χ1) is 5.61. The van der Waals surface area contributed by atoms with E-state index in [1.54, 1.807) is 0 Å². The molecule has 1 rings (SSSR count). The zero-order valence-electron chi connectivity index (χ0n) is 7.10. The fraction of sp³-hybridized carbons (Fsp3) is 0.714. The second-order valence-electron chi connectivity index (χ2n) is 2.94. The van der Waals surface area contributed by atoms with Gasteiger partial charge in [0.15, 0.2) is 0 Å². The number of halogens is 1. The minimum atomic E-state index is -0.779. The zero-order valence-corrected chi connectivity index (χ0v) is 7.92. The lowest BCUT2D eigenvalue weighted by Crippen LogP contribution is -2.42. The molecule has 0 aromatic heterocycles. The maximum absolute atomic E-state index is 10.6. The van der Waals surface area contributed by atoms with E-state index < -0.39 is 12.0 Å². The quantitative estimate of drug-likeness (QED) is 0.650. The van der Waals surface area contributed by atoms with Crippen molar-refractivity contribution in [2.24, 2.45) is 11.7 Å². The Morgan fingerprint density at radius 1 is 1.31 bits per heavy atom. The van der Waals surface area contributed by atoms with Crippen LogP contribution in [0.2, 0.25) is 0 Å². The summed E-state index contributed by atoms with van der Waals surface area (Å²) in [6, 6.07) is -0.459. The number of carboxylic acid groups (broad SMARTS) is 1. The zero-order chi connectivity index (χ0) is 9.14. The van der Waals surface area contributed by atoms with Gasteiger partial charge in [-0.25, -0.2) is 4.79 Å². The van der Waals surface area contributed by atoms with Gasteiger partial charge in [0.1, 0.15) is 0 Å². The number of nitrogens with two attached hydrogens (primary N) is 1. The van der Waals surface area contributed by atoms with E-state index in [0.29, 0.717) is 25.9 Å². The Labute approximate surface area is 82.3 Å². The molecule has 1 aliphatic heterocycles. The number of urea groups is 1. The number of likely N-dealkylation sites (tertiary alicyclic amines) is 1. The molecule has 0 bridgehead atoms. The van der Waals surface area contributed by atoms with Crippen molar-refractivity contribution < 1.29 is 14.7 Å². The van der Waals surface area contributed by atoms with Crippen LogP contribution in [0.4, 0.5) is 4.79 Å². The normalized spacial score (nSPS) is 17.7. The molecular weight excluding hydrogens is 196 g/mol. The predicted octanol–water partition coefficient (Wildman–Crippen LogP) is 0.283. The molecule has 0 unspecified atom stereocenters. The lowest BCUT2D eigenvalue weighted by molar-refractivity contribution is -0.143. The molecule has 1 aliphatic rings. The Hall–Kier alpha value is -0.970. The summed E-state index contributed by atoms with van der Waals surface area (Å²) in [5, 5.41) is 8.63. The third-order valence-corrected chi connectivity index (χ3v) is 2.16. The highest BCUT2D eigenvalue weighted by Crippen LogP contribution is 2.16. The smallest absolute Gasteiger partial charge is 0.314 e. The van der Waals surface area contributed by atoms with Gasteiger partial charge in [0.05, 0.1) is 5.92 Å². The number of piperidine rings is 1. The van der Waals surface area contributed by atoms with Gasteiger partial charge >= 0.3 is 12.0 Å². The third-order valence-electron chi connectivity index (χ3n) is 2.16. The number of aliphatic carboxylic acids is 1. The number of hydrogen-bond acceptors (Lipinski definition) is 2. The van der Waals surface area contributed by atoms with Gasteiger partial charge < -0.3 is 15.7 Å². The van der Waals surface area contributed by atoms with Crippen LogP contribution in [-0.2, 0) is 4.79 Å². The third kappa shape index (κ3) is 3.10. The molecule has 76 valence electrons. The fourth-order valence-corrected chi connectivity index (χ4v) is 1.35. The number of carbonyl (C=O) groups excluding carboxylic acids is 1. The highest BCUT2D eigenvalue weighted by molar-refractivity contribution is 5.85. The van der Waals surface area contributed by atoms with Crippen LogP contribution >= 0.6 is 12.4 Å². The van der Waals surface area contributed by atoms with Crippen molar-refractivity contribution >= 4 is 24.4 Å². The molecule has 5 nitrogen and oxygen atoms in total. The molecule has 0 aliphatic carbocycles. The number of rotatable bonds is 1. The monoisotopic (exact) mass is 208 g/mol. The molecule has 0 aromatic carbocycles. The molecule has 1 saturated heterocycles. The molecule has 1 fully saturated rings. The van der Waals surface area contributed by atoms with E-state index in [2.05, 4.69) is 0 Å². The van der Waals surface area contributed by atoms with Gasteiger partial charge in [0.2, 0.25) is 0 Å². The number of nitrogens with zero attached hydrogens (tertiary/aromatic N) is 1. The van der Waals surface area contributed by atoms with Crippen molar-refractivity contribution in [1.29, 1.82) is 0 Å². The molecule has 0 radical (unpaired) electrons. The fourth-order valence-electron chi connectivity index (χ4n) is 1.35. The molecule has 0 saturated carbocycles. The van der Waals surface area contributed by atoms with Gasteiger partial charge in [-0.2, -0.15) is 0 Å². The van der Waals surface area contributed by atoms with Gasteiger partial charge in [0, 0.05) is 13.1 Å². The van der Waals surface area contributed by atoms with Crippen LogP contribution < -0.4 is 5.73 Å². The highest BCUT2D eigenvalue weighted by atomic mass is 35.5. The predicted molar refractivity (Wildman–Crippen MR) is 48.8 cm³/mol. The van der Waals surface area contributed by atoms with Crippen LogP contribution in [0.5, 0.6) is 0 Å². The van der Waals surface area contributed by atoms with Crippen molar-refractivity contribution in [3.8, 4) is 0 Å².